The SMILES string of the molecule is C=C(C)C(=O)Nc1ccc(Cl)cc1C(=O)O. The number of aromatic carboxylic acids is 1. The van der Waals surface area contributed by atoms with E-state index in [2.05, 4.69) is 11.9 Å². The Kier molecular flexibility index (Phi) is 3.68. The van der Waals surface area contributed by atoms with Gasteiger partial charge < -0.3 is 10.4 Å². The standard InChI is InChI=1S/C11H10ClNO3/c1-6(2)10(14)13-9-4-3-7(12)5-8(9)11(15)16/h3-5H,1H2,2H3,(H,13,14)(H,15,16). The van der Waals surface area contributed by atoms with E-state index in [1.54, 1.807) is 0 Å². The molecule has 0 aliphatic carbocycles. The van der Waals surface area contributed by atoms with Crippen LogP contribution in [0, 0.1) is 0 Å². The number of carboxylic acid groups (broad SMARTS) is 1. The molecule has 0 spiro atoms. The van der Waals surface area contributed by atoms with Crippen LogP contribution < -0.4 is 5.32 Å². The van der Waals surface area contributed by atoms with Crippen LogP contribution in [-0.4, -0.2) is 17.0 Å². The average Bonchev–Trinajstić information content (AvgIpc) is 2.20. The fourth-order valence-electron chi connectivity index (χ4n) is 1.03. The summed E-state index contributed by atoms with van der Waals surface area (Å²) in [4.78, 5) is 22.2. The first-order valence-corrected chi connectivity index (χ1v) is 4.79. The van der Waals surface area contributed by atoms with Crippen LogP contribution in [0.25, 0.3) is 0 Å². The van der Waals surface area contributed by atoms with E-state index in [9.17, 15) is 9.59 Å². The number of hydrogen-bond acceptors (Lipinski definition) is 2. The molecule has 0 aliphatic rings. The lowest BCUT2D eigenvalue weighted by Gasteiger charge is -2.08. The van der Waals surface area contributed by atoms with E-state index >= 15 is 0 Å². The van der Waals surface area contributed by atoms with Crippen molar-refractivity contribution in [2.75, 3.05) is 5.32 Å². The molecule has 0 radical (unpaired) electrons. The van der Waals surface area contributed by atoms with Crippen molar-refractivity contribution in [3.63, 3.8) is 0 Å². The van der Waals surface area contributed by atoms with Gasteiger partial charge in [-0.15, -0.1) is 0 Å². The number of carboxylic acids is 1. The fourth-order valence-corrected chi connectivity index (χ4v) is 1.20. The first-order chi connectivity index (χ1) is 7.41. The summed E-state index contributed by atoms with van der Waals surface area (Å²) in [6, 6.07) is 4.21. The highest BCUT2D eigenvalue weighted by molar-refractivity contribution is 6.31. The second-order valence-corrected chi connectivity index (χ2v) is 3.67. The maximum atomic E-state index is 11.3. The Bertz CT molecular complexity index is 468. The zero-order chi connectivity index (χ0) is 12.3. The number of amides is 1. The number of rotatable bonds is 3. The van der Waals surface area contributed by atoms with E-state index in [4.69, 9.17) is 16.7 Å². The molecule has 0 unspecified atom stereocenters. The smallest absolute Gasteiger partial charge is 0.337 e. The Labute approximate surface area is 97.5 Å². The molecule has 16 heavy (non-hydrogen) atoms. The Morgan fingerprint density at radius 3 is 2.56 bits per heavy atom. The Hall–Kier alpha value is -1.81. The van der Waals surface area contributed by atoms with Crippen molar-refractivity contribution in [2.24, 2.45) is 0 Å². The molecule has 84 valence electrons. The summed E-state index contributed by atoms with van der Waals surface area (Å²) >= 11 is 5.67. The lowest BCUT2D eigenvalue weighted by molar-refractivity contribution is -0.112. The van der Waals surface area contributed by atoms with Gasteiger partial charge in [-0.1, -0.05) is 18.2 Å². The van der Waals surface area contributed by atoms with Crippen LogP contribution >= 0.6 is 11.6 Å². The number of carbonyl (C=O) groups excluding carboxylic acids is 1. The van der Waals surface area contributed by atoms with E-state index in [0.29, 0.717) is 10.6 Å². The van der Waals surface area contributed by atoms with Crippen LogP contribution in [0.2, 0.25) is 5.02 Å². The molecule has 2 N–H and O–H groups in total. The van der Waals surface area contributed by atoms with Crippen molar-refractivity contribution in [3.05, 3.63) is 40.9 Å². The molecule has 0 fully saturated rings. The summed E-state index contributed by atoms with van der Waals surface area (Å²) in [7, 11) is 0. The Balaban J connectivity index is 3.09. The summed E-state index contributed by atoms with van der Waals surface area (Å²) in [5.74, 6) is -1.58. The summed E-state index contributed by atoms with van der Waals surface area (Å²) in [5, 5.41) is 11.6. The maximum absolute atomic E-state index is 11.3. The number of anilines is 1. The van der Waals surface area contributed by atoms with Gasteiger partial charge in [0.05, 0.1) is 11.3 Å². The average molecular weight is 240 g/mol. The summed E-state index contributed by atoms with van der Waals surface area (Å²) in [5.41, 5.74) is 0.443. The molecule has 1 aromatic rings. The van der Waals surface area contributed by atoms with Crippen LogP contribution in [0.3, 0.4) is 0 Å². The van der Waals surface area contributed by atoms with Crippen LogP contribution in [0.5, 0.6) is 0 Å². The molecule has 0 bridgehead atoms. The minimum Gasteiger partial charge on any atom is -0.478 e. The highest BCUT2D eigenvalue weighted by Gasteiger charge is 2.13. The second-order valence-electron chi connectivity index (χ2n) is 3.23. The third kappa shape index (κ3) is 2.84. The van der Waals surface area contributed by atoms with Gasteiger partial charge in [-0.25, -0.2) is 4.79 Å². The van der Waals surface area contributed by atoms with Crippen LogP contribution in [0.15, 0.2) is 30.4 Å². The largest absolute Gasteiger partial charge is 0.478 e. The van der Waals surface area contributed by atoms with Gasteiger partial charge in [-0.05, 0) is 25.1 Å². The molecule has 0 aliphatic heterocycles. The lowest BCUT2D eigenvalue weighted by Crippen LogP contribution is -2.14. The minimum atomic E-state index is -1.15. The van der Waals surface area contributed by atoms with Gasteiger partial charge in [-0.2, -0.15) is 0 Å². The van der Waals surface area contributed by atoms with Gasteiger partial charge in [0.1, 0.15) is 0 Å². The zero-order valence-electron chi connectivity index (χ0n) is 8.58. The third-order valence-electron chi connectivity index (χ3n) is 1.85. The molecule has 0 saturated heterocycles. The molecule has 1 amide bonds. The third-order valence-corrected chi connectivity index (χ3v) is 2.08. The number of benzene rings is 1. The minimum absolute atomic E-state index is 0.0536. The van der Waals surface area contributed by atoms with Gasteiger partial charge in [0.15, 0.2) is 0 Å². The van der Waals surface area contributed by atoms with Gasteiger partial charge in [0, 0.05) is 10.6 Å². The van der Waals surface area contributed by atoms with E-state index in [-0.39, 0.29) is 11.3 Å². The molecule has 0 heterocycles. The van der Waals surface area contributed by atoms with Crippen molar-refractivity contribution in [2.45, 2.75) is 6.92 Å². The fraction of sp³-hybridized carbons (Fsp3) is 0.0909. The zero-order valence-corrected chi connectivity index (χ0v) is 9.34. The van der Waals surface area contributed by atoms with Gasteiger partial charge in [0.25, 0.3) is 5.91 Å². The van der Waals surface area contributed by atoms with Crippen LogP contribution in [-0.2, 0) is 4.79 Å². The first kappa shape index (κ1) is 12.3. The summed E-state index contributed by atoms with van der Waals surface area (Å²) in [6.07, 6.45) is 0. The summed E-state index contributed by atoms with van der Waals surface area (Å²) in [6.45, 7) is 4.99. The van der Waals surface area contributed by atoms with Gasteiger partial charge in [0.2, 0.25) is 0 Å². The molecule has 5 heteroatoms. The Morgan fingerprint density at radius 2 is 2.06 bits per heavy atom. The van der Waals surface area contributed by atoms with Crippen molar-refractivity contribution in [1.29, 1.82) is 0 Å². The van der Waals surface area contributed by atoms with Crippen molar-refractivity contribution in [1.82, 2.24) is 0 Å². The molecule has 4 nitrogen and oxygen atoms in total. The van der Waals surface area contributed by atoms with Crippen LogP contribution in [0.4, 0.5) is 5.69 Å². The predicted octanol–water partition coefficient (Wildman–Crippen LogP) is 2.55. The molecular formula is C11H10ClNO3. The molecule has 0 atom stereocenters. The predicted molar refractivity (Wildman–Crippen MR) is 61.9 cm³/mol. The molecular weight excluding hydrogens is 230 g/mol. The number of hydrogen-bond donors (Lipinski definition) is 2. The molecule has 0 saturated carbocycles. The van der Waals surface area contributed by atoms with Crippen molar-refractivity contribution < 1.29 is 14.7 Å². The number of halogens is 1. The number of nitrogens with one attached hydrogen (secondary N) is 1. The van der Waals surface area contributed by atoms with Gasteiger partial charge in [-0.3, -0.25) is 4.79 Å². The highest BCUT2D eigenvalue weighted by Crippen LogP contribution is 2.21. The normalized spacial score (nSPS) is 9.62. The Morgan fingerprint density at radius 1 is 1.44 bits per heavy atom. The first-order valence-electron chi connectivity index (χ1n) is 4.41. The van der Waals surface area contributed by atoms with E-state index in [1.165, 1.54) is 25.1 Å². The van der Waals surface area contributed by atoms with Crippen molar-refractivity contribution in [3.8, 4) is 0 Å². The highest BCUT2D eigenvalue weighted by atomic mass is 35.5. The molecule has 1 aromatic carbocycles. The lowest BCUT2D eigenvalue weighted by atomic mass is 10.1. The monoisotopic (exact) mass is 239 g/mol. The van der Waals surface area contributed by atoms with E-state index in [1.807, 2.05) is 0 Å². The summed E-state index contributed by atoms with van der Waals surface area (Å²) < 4.78 is 0. The second kappa shape index (κ2) is 4.81. The topological polar surface area (TPSA) is 66.4 Å². The number of carbonyl (C=O) groups is 2. The quantitative estimate of drug-likeness (QED) is 0.797. The molecule has 0 aromatic heterocycles. The maximum Gasteiger partial charge on any atom is 0.337 e. The van der Waals surface area contributed by atoms with E-state index < -0.39 is 11.9 Å². The molecule has 1 rings (SSSR count). The van der Waals surface area contributed by atoms with Crippen molar-refractivity contribution >= 4 is 29.2 Å². The van der Waals surface area contributed by atoms with Gasteiger partial charge >= 0.3 is 5.97 Å². The van der Waals surface area contributed by atoms with E-state index in [0.717, 1.165) is 0 Å². The van der Waals surface area contributed by atoms with Crippen LogP contribution in [0.1, 0.15) is 17.3 Å².